The van der Waals surface area contributed by atoms with Gasteiger partial charge in [-0.05, 0) is 24.6 Å². The highest BCUT2D eigenvalue weighted by Gasteiger charge is 2.37. The zero-order valence-corrected chi connectivity index (χ0v) is 14.9. The average molecular weight is 354 g/mol. The molecule has 3 rings (SSSR count). The van der Waals surface area contributed by atoms with Crippen molar-refractivity contribution in [2.45, 2.75) is 19.4 Å². The Morgan fingerprint density at radius 2 is 2.04 bits per heavy atom. The van der Waals surface area contributed by atoms with Crippen molar-refractivity contribution in [3.8, 4) is 0 Å². The molecule has 0 spiro atoms. The second kappa shape index (κ2) is 6.61. The lowest BCUT2D eigenvalue weighted by Crippen LogP contribution is -2.48. The molecule has 0 unspecified atom stereocenters. The number of benzene rings is 1. The van der Waals surface area contributed by atoms with Crippen LogP contribution in [0, 0.1) is 0 Å². The van der Waals surface area contributed by atoms with Crippen LogP contribution in [0.5, 0.6) is 0 Å². The number of hydrogen-bond acceptors (Lipinski definition) is 4. The maximum Gasteiger partial charge on any atom is 0.250 e. The average Bonchev–Trinajstić information content (AvgIpc) is 2.94. The molecule has 2 aliphatic heterocycles. The molecule has 1 aromatic carbocycles. The number of thioether (sulfide) groups is 1. The van der Waals surface area contributed by atoms with E-state index in [1.54, 1.807) is 21.6 Å². The summed E-state index contributed by atoms with van der Waals surface area (Å²) in [5, 5.41) is 0.612. The molecule has 0 bridgehead atoms. The summed E-state index contributed by atoms with van der Waals surface area (Å²) >= 11 is 7.78. The highest BCUT2D eigenvalue weighted by molar-refractivity contribution is 7.99. The van der Waals surface area contributed by atoms with Gasteiger partial charge in [-0.1, -0.05) is 11.6 Å². The monoisotopic (exact) mass is 353 g/mol. The molecule has 2 aliphatic rings. The Balaban J connectivity index is 1.96. The Morgan fingerprint density at radius 3 is 2.78 bits per heavy atom. The molecule has 124 valence electrons. The fourth-order valence-corrected chi connectivity index (χ4v) is 4.48. The molecule has 0 saturated carbocycles. The maximum absolute atomic E-state index is 13.1. The first-order valence-electron chi connectivity index (χ1n) is 7.66. The van der Waals surface area contributed by atoms with E-state index in [1.165, 1.54) is 6.92 Å². The van der Waals surface area contributed by atoms with Gasteiger partial charge in [-0.3, -0.25) is 9.59 Å². The van der Waals surface area contributed by atoms with E-state index in [2.05, 4.69) is 4.90 Å². The van der Waals surface area contributed by atoms with E-state index in [0.29, 0.717) is 23.2 Å². The van der Waals surface area contributed by atoms with Gasteiger partial charge in [-0.15, -0.1) is 11.8 Å². The van der Waals surface area contributed by atoms with Crippen molar-refractivity contribution in [3.05, 3.63) is 23.2 Å². The Labute approximate surface area is 145 Å². The van der Waals surface area contributed by atoms with Crippen LogP contribution in [0.2, 0.25) is 5.02 Å². The van der Waals surface area contributed by atoms with Crippen molar-refractivity contribution >= 4 is 46.6 Å². The molecule has 2 heterocycles. The van der Waals surface area contributed by atoms with E-state index in [-0.39, 0.29) is 17.9 Å². The summed E-state index contributed by atoms with van der Waals surface area (Å²) in [7, 11) is 2.02. The van der Waals surface area contributed by atoms with Gasteiger partial charge in [0.15, 0.2) is 0 Å². The minimum atomic E-state index is -0.382. The summed E-state index contributed by atoms with van der Waals surface area (Å²) in [6.45, 7) is 3.05. The third-order valence-electron chi connectivity index (χ3n) is 4.35. The molecule has 1 fully saturated rings. The van der Waals surface area contributed by atoms with Gasteiger partial charge in [0.05, 0.1) is 17.3 Å². The first-order chi connectivity index (χ1) is 11.0. The molecule has 23 heavy (non-hydrogen) atoms. The minimum Gasteiger partial charge on any atom is -0.373 e. The molecule has 1 atom stereocenters. The summed E-state index contributed by atoms with van der Waals surface area (Å²) in [5.74, 6) is 1.18. The predicted molar refractivity (Wildman–Crippen MR) is 95.3 cm³/mol. The van der Waals surface area contributed by atoms with Gasteiger partial charge in [0.25, 0.3) is 5.91 Å². The number of halogens is 1. The van der Waals surface area contributed by atoms with Crippen LogP contribution in [0.25, 0.3) is 0 Å². The summed E-state index contributed by atoms with van der Waals surface area (Å²) in [6, 6.07) is 5.26. The maximum atomic E-state index is 13.1. The van der Waals surface area contributed by atoms with E-state index < -0.39 is 0 Å². The Morgan fingerprint density at radius 1 is 1.26 bits per heavy atom. The molecular weight excluding hydrogens is 334 g/mol. The van der Waals surface area contributed by atoms with E-state index in [0.717, 1.165) is 24.3 Å². The van der Waals surface area contributed by atoms with Gasteiger partial charge in [-0.25, -0.2) is 0 Å². The zero-order valence-electron chi connectivity index (χ0n) is 13.3. The van der Waals surface area contributed by atoms with Crippen molar-refractivity contribution < 1.29 is 9.59 Å². The van der Waals surface area contributed by atoms with Crippen molar-refractivity contribution in [2.24, 2.45) is 0 Å². The Bertz CT molecular complexity index is 640. The van der Waals surface area contributed by atoms with Gasteiger partial charge in [0.2, 0.25) is 5.91 Å². The van der Waals surface area contributed by atoms with Gasteiger partial charge in [-0.2, -0.15) is 0 Å². The number of carbonyl (C=O) groups excluding carboxylic acids is 2. The van der Waals surface area contributed by atoms with Crippen LogP contribution in [0.1, 0.15) is 13.3 Å². The second-order valence-electron chi connectivity index (χ2n) is 5.90. The van der Waals surface area contributed by atoms with Gasteiger partial charge >= 0.3 is 0 Å². The van der Waals surface area contributed by atoms with E-state index in [9.17, 15) is 9.59 Å². The topological polar surface area (TPSA) is 43.9 Å². The van der Waals surface area contributed by atoms with Crippen LogP contribution in [-0.2, 0) is 9.59 Å². The molecule has 2 amide bonds. The zero-order chi connectivity index (χ0) is 16.6. The first kappa shape index (κ1) is 16.5. The molecule has 0 N–H and O–H groups in total. The van der Waals surface area contributed by atoms with Crippen molar-refractivity contribution in [2.75, 3.05) is 41.6 Å². The number of hydrogen-bond donors (Lipinski definition) is 0. The van der Waals surface area contributed by atoms with E-state index >= 15 is 0 Å². The molecule has 5 nitrogen and oxygen atoms in total. The smallest absolute Gasteiger partial charge is 0.250 e. The lowest BCUT2D eigenvalue weighted by molar-refractivity contribution is -0.135. The largest absolute Gasteiger partial charge is 0.373 e. The number of anilines is 2. The molecular formula is C16H20ClN3O2S. The number of nitrogens with zero attached hydrogens (tertiary/aromatic N) is 3. The van der Waals surface area contributed by atoms with Crippen LogP contribution in [0.3, 0.4) is 0 Å². The van der Waals surface area contributed by atoms with Crippen molar-refractivity contribution in [1.82, 2.24) is 4.90 Å². The summed E-state index contributed by atoms with van der Waals surface area (Å²) in [5.41, 5.74) is 1.84. The summed E-state index contributed by atoms with van der Waals surface area (Å²) < 4.78 is 0. The molecule has 0 radical (unpaired) electrons. The highest BCUT2D eigenvalue weighted by Crippen LogP contribution is 2.35. The molecule has 1 aromatic rings. The van der Waals surface area contributed by atoms with Crippen LogP contribution in [-0.4, -0.2) is 54.5 Å². The SMILES string of the molecule is CC(=O)N1CSC[C@H]1C(=O)N1CCCN(C)c2ccc(Cl)cc21. The number of carbonyl (C=O) groups is 2. The van der Waals surface area contributed by atoms with Crippen LogP contribution >= 0.6 is 23.4 Å². The summed E-state index contributed by atoms with van der Waals surface area (Å²) in [4.78, 5) is 30.5. The molecule has 0 aromatic heterocycles. The Hall–Kier alpha value is -1.40. The lowest BCUT2D eigenvalue weighted by Gasteiger charge is -2.30. The fourth-order valence-electron chi connectivity index (χ4n) is 3.11. The van der Waals surface area contributed by atoms with Crippen LogP contribution in [0.4, 0.5) is 11.4 Å². The standard InChI is InChI=1S/C16H20ClN3O2S/c1-11(21)20-10-23-9-15(20)16(22)19-7-3-6-18(2)13-5-4-12(17)8-14(13)19/h4-5,8,15H,3,6-7,9-10H2,1-2H3/t15-/m0/s1. The second-order valence-corrected chi connectivity index (χ2v) is 7.34. The first-order valence-corrected chi connectivity index (χ1v) is 9.19. The Kier molecular flexibility index (Phi) is 4.73. The lowest BCUT2D eigenvalue weighted by atomic mass is 10.2. The van der Waals surface area contributed by atoms with Gasteiger partial charge < -0.3 is 14.7 Å². The van der Waals surface area contributed by atoms with Gasteiger partial charge in [0, 0.05) is 37.8 Å². The third kappa shape index (κ3) is 3.15. The number of rotatable bonds is 1. The molecule has 0 aliphatic carbocycles. The molecule has 7 heteroatoms. The predicted octanol–water partition coefficient (Wildman–Crippen LogP) is 2.43. The number of amides is 2. The normalized spacial score (nSPS) is 21.2. The fraction of sp³-hybridized carbons (Fsp3) is 0.500. The van der Waals surface area contributed by atoms with Crippen LogP contribution in [0.15, 0.2) is 18.2 Å². The van der Waals surface area contributed by atoms with Crippen molar-refractivity contribution in [3.63, 3.8) is 0 Å². The van der Waals surface area contributed by atoms with Crippen molar-refractivity contribution in [1.29, 1.82) is 0 Å². The summed E-state index contributed by atoms with van der Waals surface area (Å²) in [6.07, 6.45) is 0.883. The highest BCUT2D eigenvalue weighted by atomic mass is 35.5. The van der Waals surface area contributed by atoms with E-state index in [1.807, 2.05) is 25.2 Å². The molecule has 1 saturated heterocycles. The van der Waals surface area contributed by atoms with Crippen LogP contribution < -0.4 is 9.80 Å². The minimum absolute atomic E-state index is 0.0102. The quantitative estimate of drug-likeness (QED) is 0.777. The van der Waals surface area contributed by atoms with Gasteiger partial charge in [0.1, 0.15) is 6.04 Å². The third-order valence-corrected chi connectivity index (χ3v) is 5.60. The van der Waals surface area contributed by atoms with E-state index in [4.69, 9.17) is 11.6 Å². The number of fused-ring (bicyclic) bond motifs is 1.